The third-order valence-electron chi connectivity index (χ3n) is 2.88. The summed E-state index contributed by atoms with van der Waals surface area (Å²) in [4.78, 5) is 0. The molecule has 1 N–H and O–H groups in total. The van der Waals surface area contributed by atoms with Crippen molar-refractivity contribution in [3.63, 3.8) is 0 Å². The first-order valence-electron chi connectivity index (χ1n) is 4.41. The molecule has 0 aliphatic carbocycles. The van der Waals surface area contributed by atoms with E-state index in [0.717, 1.165) is 12.8 Å². The number of aliphatic hydroxyl groups is 1. The second kappa shape index (κ2) is 2.73. The zero-order chi connectivity index (χ0) is 7.84. The Labute approximate surface area is 66.6 Å². The summed E-state index contributed by atoms with van der Waals surface area (Å²) in [6.07, 6.45) is 4.31. The monoisotopic (exact) mass is 156 g/mol. The highest BCUT2D eigenvalue weighted by molar-refractivity contribution is 4.88. The summed E-state index contributed by atoms with van der Waals surface area (Å²) in [6, 6.07) is 0.245. The summed E-state index contributed by atoms with van der Waals surface area (Å²) in [7, 11) is 0. The van der Waals surface area contributed by atoms with Gasteiger partial charge >= 0.3 is 0 Å². The van der Waals surface area contributed by atoms with Crippen LogP contribution in [0.2, 0.25) is 0 Å². The predicted octanol–water partition coefficient (Wildman–Crippen LogP) is 0.710. The van der Waals surface area contributed by atoms with Gasteiger partial charge in [-0.25, -0.2) is 0 Å². The predicted molar refractivity (Wildman–Crippen MR) is 39.2 cm³/mol. The second-order valence-corrected chi connectivity index (χ2v) is 3.72. The lowest BCUT2D eigenvalue weighted by Crippen LogP contribution is -2.50. The van der Waals surface area contributed by atoms with Crippen molar-refractivity contribution in [2.45, 2.75) is 50.3 Å². The minimum atomic E-state index is -0.213. The summed E-state index contributed by atoms with van der Waals surface area (Å²) >= 11 is 0. The van der Waals surface area contributed by atoms with E-state index in [1.807, 2.05) is 0 Å². The van der Waals surface area contributed by atoms with Gasteiger partial charge in [0.25, 0.3) is 0 Å². The fraction of sp³-hybridized carbons (Fsp3) is 1.00. The van der Waals surface area contributed by atoms with Crippen molar-refractivity contribution in [2.24, 2.45) is 0 Å². The zero-order valence-corrected chi connectivity index (χ0v) is 6.57. The Bertz CT molecular complexity index is 137. The molecule has 1 radical (unpaired) electrons. The molecule has 0 aromatic heterocycles. The van der Waals surface area contributed by atoms with Crippen LogP contribution in [0.3, 0.4) is 0 Å². The lowest BCUT2D eigenvalue weighted by atomic mass is 9.85. The summed E-state index contributed by atoms with van der Waals surface area (Å²) in [5.74, 6) is 0. The highest BCUT2D eigenvalue weighted by Crippen LogP contribution is 2.32. The van der Waals surface area contributed by atoms with Gasteiger partial charge in [0, 0.05) is 12.1 Å². The van der Waals surface area contributed by atoms with Gasteiger partial charge in [0.2, 0.25) is 0 Å². The number of aliphatic hydroxyl groups excluding tert-OH is 1. The maximum Gasteiger partial charge on any atom is 0.0571 e. The molecular weight excluding hydrogens is 142 g/mol. The highest BCUT2D eigenvalue weighted by atomic mass is 16.5. The SMILES string of the molecule is [O]N1C2CCCC1CC(O)C2. The Balaban J connectivity index is 2.07. The van der Waals surface area contributed by atoms with Crippen LogP contribution in [0.1, 0.15) is 32.1 Å². The van der Waals surface area contributed by atoms with Crippen molar-refractivity contribution in [1.29, 1.82) is 0 Å². The molecule has 2 fully saturated rings. The minimum Gasteiger partial charge on any atom is -0.393 e. The van der Waals surface area contributed by atoms with E-state index in [4.69, 9.17) is 0 Å². The van der Waals surface area contributed by atoms with E-state index in [0.29, 0.717) is 12.8 Å². The molecule has 0 amide bonds. The maximum atomic E-state index is 11.4. The molecule has 2 heterocycles. The van der Waals surface area contributed by atoms with Crippen LogP contribution in [-0.4, -0.2) is 28.4 Å². The van der Waals surface area contributed by atoms with Crippen molar-refractivity contribution in [3.8, 4) is 0 Å². The van der Waals surface area contributed by atoms with Crippen molar-refractivity contribution in [2.75, 3.05) is 0 Å². The van der Waals surface area contributed by atoms with Crippen LogP contribution in [-0.2, 0) is 5.21 Å². The molecule has 2 saturated heterocycles. The average Bonchev–Trinajstić information content (AvgIpc) is 1.92. The largest absolute Gasteiger partial charge is 0.393 e. The molecule has 3 nitrogen and oxygen atoms in total. The summed E-state index contributed by atoms with van der Waals surface area (Å²) in [6.45, 7) is 0. The van der Waals surface area contributed by atoms with Gasteiger partial charge in [-0.05, 0) is 25.7 Å². The summed E-state index contributed by atoms with van der Waals surface area (Å²) in [5, 5.41) is 21.9. The van der Waals surface area contributed by atoms with Gasteiger partial charge in [0.1, 0.15) is 0 Å². The fourth-order valence-corrected chi connectivity index (χ4v) is 2.31. The number of hydroxylamine groups is 2. The van der Waals surface area contributed by atoms with Gasteiger partial charge in [0.15, 0.2) is 0 Å². The molecule has 2 atom stereocenters. The Kier molecular flexibility index (Phi) is 1.87. The standard InChI is InChI=1S/C8H14NO2/c10-8-4-6-2-1-3-7(5-8)9(6)11/h6-8,10H,1-5H2. The third kappa shape index (κ3) is 1.28. The smallest absolute Gasteiger partial charge is 0.0571 e. The third-order valence-corrected chi connectivity index (χ3v) is 2.88. The van der Waals surface area contributed by atoms with E-state index < -0.39 is 0 Å². The molecule has 0 aromatic rings. The molecule has 2 bridgehead atoms. The molecule has 2 aliphatic rings. The second-order valence-electron chi connectivity index (χ2n) is 3.72. The summed E-state index contributed by atoms with van der Waals surface area (Å²) < 4.78 is 0. The Morgan fingerprint density at radius 2 is 1.73 bits per heavy atom. The molecule has 2 rings (SSSR count). The number of nitrogens with zero attached hydrogens (tertiary/aromatic N) is 1. The van der Waals surface area contributed by atoms with Crippen LogP contribution in [0.4, 0.5) is 0 Å². The Morgan fingerprint density at radius 1 is 1.18 bits per heavy atom. The first-order valence-corrected chi connectivity index (χ1v) is 4.41. The van der Waals surface area contributed by atoms with Crippen LogP contribution in [0.25, 0.3) is 0 Å². The molecule has 0 saturated carbocycles. The Hall–Kier alpha value is -0.120. The van der Waals surface area contributed by atoms with Crippen molar-refractivity contribution >= 4 is 0 Å². The quantitative estimate of drug-likeness (QED) is 0.561. The molecular formula is C8H14NO2. The number of rotatable bonds is 0. The van der Waals surface area contributed by atoms with Gasteiger partial charge in [-0.15, -0.1) is 10.3 Å². The van der Waals surface area contributed by atoms with Crippen molar-refractivity contribution in [1.82, 2.24) is 5.06 Å². The van der Waals surface area contributed by atoms with E-state index in [1.165, 1.54) is 11.5 Å². The molecule has 11 heavy (non-hydrogen) atoms. The van der Waals surface area contributed by atoms with Gasteiger partial charge in [-0.3, -0.25) is 0 Å². The van der Waals surface area contributed by atoms with Crippen LogP contribution in [0, 0.1) is 0 Å². The first-order chi connectivity index (χ1) is 5.27. The molecule has 2 aliphatic heterocycles. The van der Waals surface area contributed by atoms with Gasteiger partial charge in [0.05, 0.1) is 6.10 Å². The molecule has 0 aromatic carbocycles. The van der Waals surface area contributed by atoms with E-state index in [1.54, 1.807) is 0 Å². The average molecular weight is 156 g/mol. The summed E-state index contributed by atoms with van der Waals surface area (Å²) in [5.41, 5.74) is 0. The van der Waals surface area contributed by atoms with Crippen LogP contribution in [0.5, 0.6) is 0 Å². The minimum absolute atomic E-state index is 0.123. The van der Waals surface area contributed by atoms with E-state index in [-0.39, 0.29) is 18.2 Å². The van der Waals surface area contributed by atoms with Gasteiger partial charge < -0.3 is 5.11 Å². The van der Waals surface area contributed by atoms with Crippen LogP contribution >= 0.6 is 0 Å². The zero-order valence-electron chi connectivity index (χ0n) is 6.57. The maximum absolute atomic E-state index is 11.4. The topological polar surface area (TPSA) is 43.4 Å². The first kappa shape index (κ1) is 7.53. The van der Waals surface area contributed by atoms with Gasteiger partial charge in [-0.1, -0.05) is 6.42 Å². The van der Waals surface area contributed by atoms with E-state index in [9.17, 15) is 10.3 Å². The Morgan fingerprint density at radius 3 is 2.27 bits per heavy atom. The molecule has 3 heteroatoms. The van der Waals surface area contributed by atoms with Crippen LogP contribution < -0.4 is 0 Å². The van der Waals surface area contributed by atoms with Crippen LogP contribution in [0.15, 0.2) is 0 Å². The normalized spacial score (nSPS) is 45.8. The van der Waals surface area contributed by atoms with Gasteiger partial charge in [-0.2, -0.15) is 0 Å². The highest BCUT2D eigenvalue weighted by Gasteiger charge is 2.37. The van der Waals surface area contributed by atoms with E-state index in [2.05, 4.69) is 0 Å². The van der Waals surface area contributed by atoms with E-state index >= 15 is 0 Å². The number of fused-ring (bicyclic) bond motifs is 2. The number of hydrogen-bond donors (Lipinski definition) is 1. The lowest BCUT2D eigenvalue weighted by Gasteiger charge is -2.42. The fourth-order valence-electron chi connectivity index (χ4n) is 2.31. The number of hydrogen-bond acceptors (Lipinski definition) is 2. The molecule has 63 valence electrons. The van der Waals surface area contributed by atoms with Crippen molar-refractivity contribution < 1.29 is 10.3 Å². The molecule has 2 unspecified atom stereocenters. The number of piperidine rings is 2. The van der Waals surface area contributed by atoms with Crippen molar-refractivity contribution in [3.05, 3.63) is 0 Å². The lowest BCUT2D eigenvalue weighted by molar-refractivity contribution is -0.255. The molecule has 0 spiro atoms.